The first-order valence-electron chi connectivity index (χ1n) is 16.1. The predicted octanol–water partition coefficient (Wildman–Crippen LogP) is 7.91. The van der Waals surface area contributed by atoms with Crippen molar-refractivity contribution in [1.82, 2.24) is 0 Å². The summed E-state index contributed by atoms with van der Waals surface area (Å²) < 4.78 is 11.1. The number of allylic oxidation sites excluding steroid dienone is 2. The van der Waals surface area contributed by atoms with Gasteiger partial charge >= 0.3 is 5.97 Å². The van der Waals surface area contributed by atoms with E-state index in [1.54, 1.807) is 11.3 Å². The molecule has 1 N–H and O–H groups in total. The van der Waals surface area contributed by atoms with Crippen LogP contribution in [0.15, 0.2) is 52.8 Å². The summed E-state index contributed by atoms with van der Waals surface area (Å²) in [6, 6.07) is 14.0. The Morgan fingerprint density at radius 2 is 1.55 bits per heavy atom. The van der Waals surface area contributed by atoms with E-state index in [1.807, 2.05) is 61.2 Å². The topological polar surface area (TPSA) is 130 Å². The van der Waals surface area contributed by atoms with Crippen molar-refractivity contribution in [2.75, 3.05) is 31.2 Å². The lowest BCUT2D eigenvalue weighted by molar-refractivity contribution is -0.140. The quantitative estimate of drug-likeness (QED) is 0.143. The van der Waals surface area contributed by atoms with E-state index in [4.69, 9.17) is 9.47 Å². The van der Waals surface area contributed by atoms with Gasteiger partial charge in [-0.1, -0.05) is 51.0 Å². The fraction of sp³-hybridized carbons (Fsp3) is 0.421. The second-order valence-corrected chi connectivity index (χ2v) is 12.8. The molecule has 1 aliphatic heterocycles. The van der Waals surface area contributed by atoms with Gasteiger partial charge in [0.15, 0.2) is 11.3 Å². The van der Waals surface area contributed by atoms with Gasteiger partial charge in [0.05, 0.1) is 13.2 Å². The fourth-order valence-electron chi connectivity index (χ4n) is 5.46. The lowest BCUT2D eigenvalue weighted by Crippen LogP contribution is -2.30. The van der Waals surface area contributed by atoms with Crippen LogP contribution in [0.1, 0.15) is 86.7 Å². The predicted molar refractivity (Wildman–Crippen MR) is 188 cm³/mol. The van der Waals surface area contributed by atoms with Gasteiger partial charge in [-0.25, -0.2) is 0 Å². The van der Waals surface area contributed by atoms with Gasteiger partial charge in [0.1, 0.15) is 36.0 Å². The molecule has 0 aliphatic carbocycles. The SMILES string of the molecule is CCCCc1c(/C=C/C2=C(C#N)C(=C(C#N)C#N)OC2(C)C)sc(/C=C/c2ccc(N(CCO)CCOC(C)=O)cc2)c1CCCC. The Hall–Kier alpha value is -4.62. The van der Waals surface area contributed by atoms with Crippen LogP contribution in [-0.4, -0.2) is 43.0 Å². The minimum Gasteiger partial charge on any atom is -0.480 e. The van der Waals surface area contributed by atoms with Crippen molar-refractivity contribution in [3.8, 4) is 18.2 Å². The van der Waals surface area contributed by atoms with Crippen LogP contribution >= 0.6 is 11.3 Å². The monoisotopic (exact) mass is 652 g/mol. The lowest BCUT2D eigenvalue weighted by atomic mass is 9.93. The highest BCUT2D eigenvalue weighted by molar-refractivity contribution is 7.14. The molecule has 3 rings (SSSR count). The number of esters is 1. The molecule has 0 fully saturated rings. The first-order chi connectivity index (χ1) is 22.6. The number of nitriles is 3. The molecule has 0 radical (unpaired) electrons. The Labute approximate surface area is 283 Å². The van der Waals surface area contributed by atoms with E-state index in [1.165, 1.54) is 22.9 Å². The van der Waals surface area contributed by atoms with Crippen LogP contribution in [0.2, 0.25) is 0 Å². The number of hydrogen-bond acceptors (Lipinski definition) is 9. The Kier molecular flexibility index (Phi) is 14.0. The molecule has 0 saturated heterocycles. The summed E-state index contributed by atoms with van der Waals surface area (Å²) in [7, 11) is 0. The first kappa shape index (κ1) is 36.8. The van der Waals surface area contributed by atoms with Crippen molar-refractivity contribution in [2.24, 2.45) is 0 Å². The number of thiophene rings is 1. The van der Waals surface area contributed by atoms with Crippen LogP contribution in [0.3, 0.4) is 0 Å². The number of benzene rings is 1. The number of aliphatic hydroxyl groups is 1. The molecule has 0 saturated carbocycles. The summed E-state index contributed by atoms with van der Waals surface area (Å²) >= 11 is 1.73. The first-order valence-corrected chi connectivity index (χ1v) is 16.9. The van der Waals surface area contributed by atoms with E-state index in [9.17, 15) is 25.7 Å². The number of rotatable bonds is 16. The highest BCUT2D eigenvalue weighted by atomic mass is 32.1. The smallest absolute Gasteiger partial charge is 0.302 e. The van der Waals surface area contributed by atoms with Crippen LogP contribution in [-0.2, 0) is 27.1 Å². The highest BCUT2D eigenvalue weighted by Crippen LogP contribution is 2.41. The zero-order valence-electron chi connectivity index (χ0n) is 28.1. The number of carbonyl (C=O) groups is 1. The molecule has 2 aromatic rings. The van der Waals surface area contributed by atoms with Crippen molar-refractivity contribution < 1.29 is 19.4 Å². The Morgan fingerprint density at radius 1 is 0.957 bits per heavy atom. The maximum Gasteiger partial charge on any atom is 0.302 e. The van der Waals surface area contributed by atoms with Crippen LogP contribution in [0.4, 0.5) is 5.69 Å². The number of aliphatic hydroxyl groups excluding tert-OH is 1. The summed E-state index contributed by atoms with van der Waals surface area (Å²) in [4.78, 5) is 15.5. The number of ether oxygens (including phenoxy) is 2. The standard InChI is InChI=1S/C38H44N4O4S/c1-6-8-10-31-32(11-9-7-2)36(19-17-34-33(26-41)37(29(24-39)25-40)46-38(34,4)5)47-35(31)18-14-28-12-15-30(16-13-28)42(20-22-43)21-23-45-27(3)44/h12-19,43H,6-11,20-23H2,1-5H3/b18-14+,19-17+. The van der Waals surface area contributed by atoms with Crippen LogP contribution in [0.5, 0.6) is 0 Å². The van der Waals surface area contributed by atoms with Gasteiger partial charge in [-0.3, -0.25) is 4.79 Å². The van der Waals surface area contributed by atoms with E-state index >= 15 is 0 Å². The summed E-state index contributed by atoms with van der Waals surface area (Å²) in [5.74, 6) is -0.281. The van der Waals surface area contributed by atoms with Crippen LogP contribution in [0.25, 0.3) is 18.2 Å². The Balaban J connectivity index is 2.01. The summed E-state index contributed by atoms with van der Waals surface area (Å²) in [6.07, 6.45) is 14.5. The summed E-state index contributed by atoms with van der Waals surface area (Å²) in [6.45, 7) is 10.6. The zero-order valence-corrected chi connectivity index (χ0v) is 28.9. The van der Waals surface area contributed by atoms with Crippen molar-refractivity contribution >= 4 is 41.2 Å². The van der Waals surface area contributed by atoms with Gasteiger partial charge in [0.25, 0.3) is 0 Å². The molecule has 246 valence electrons. The molecule has 0 atom stereocenters. The van der Waals surface area contributed by atoms with E-state index in [-0.39, 0.29) is 36.1 Å². The maximum absolute atomic E-state index is 11.2. The molecule has 1 aromatic heterocycles. The number of unbranched alkanes of at least 4 members (excludes halogenated alkanes) is 2. The summed E-state index contributed by atoms with van der Waals surface area (Å²) in [5, 5.41) is 38.4. The maximum atomic E-state index is 11.2. The van der Waals surface area contributed by atoms with Crippen molar-refractivity contribution in [3.05, 3.63) is 79.3 Å². The Bertz CT molecular complexity index is 1640. The van der Waals surface area contributed by atoms with Gasteiger partial charge in [0.2, 0.25) is 0 Å². The van der Waals surface area contributed by atoms with Gasteiger partial charge in [0, 0.05) is 34.5 Å². The third-order valence-electron chi connectivity index (χ3n) is 7.93. The fourth-order valence-corrected chi connectivity index (χ4v) is 6.67. The molecule has 0 bridgehead atoms. The van der Waals surface area contributed by atoms with Crippen molar-refractivity contribution in [2.45, 2.75) is 78.7 Å². The molecule has 0 amide bonds. The molecule has 8 nitrogen and oxygen atoms in total. The lowest BCUT2D eigenvalue weighted by Gasteiger charge is -2.23. The van der Waals surface area contributed by atoms with Crippen molar-refractivity contribution in [1.29, 1.82) is 15.8 Å². The highest BCUT2D eigenvalue weighted by Gasteiger charge is 2.38. The van der Waals surface area contributed by atoms with Crippen LogP contribution < -0.4 is 4.90 Å². The average Bonchev–Trinajstić information content (AvgIpc) is 3.52. The van der Waals surface area contributed by atoms with Gasteiger partial charge in [-0.2, -0.15) is 15.8 Å². The second-order valence-electron chi connectivity index (χ2n) is 11.7. The number of nitrogens with zero attached hydrogens (tertiary/aromatic N) is 4. The third-order valence-corrected chi connectivity index (χ3v) is 9.13. The largest absolute Gasteiger partial charge is 0.480 e. The molecule has 0 spiro atoms. The molecular formula is C38H44N4O4S. The molecule has 2 heterocycles. The molecule has 0 unspecified atom stereocenters. The van der Waals surface area contributed by atoms with Gasteiger partial charge in [-0.05, 0) is 80.5 Å². The molecule has 1 aromatic carbocycles. The third kappa shape index (κ3) is 9.69. The van der Waals surface area contributed by atoms with E-state index in [0.29, 0.717) is 18.7 Å². The van der Waals surface area contributed by atoms with Crippen molar-refractivity contribution in [3.63, 3.8) is 0 Å². The number of anilines is 1. The van der Waals surface area contributed by atoms with Crippen LogP contribution in [0, 0.1) is 34.0 Å². The van der Waals surface area contributed by atoms with Gasteiger partial charge in [-0.15, -0.1) is 11.3 Å². The normalized spacial score (nSPS) is 13.8. The van der Waals surface area contributed by atoms with E-state index in [0.717, 1.165) is 54.7 Å². The minimum absolute atomic E-state index is 0.00392. The minimum atomic E-state index is -0.871. The number of carbonyl (C=O) groups excluding carboxylic acids is 1. The Morgan fingerprint density at radius 3 is 2.06 bits per heavy atom. The molecule has 9 heteroatoms. The molecule has 47 heavy (non-hydrogen) atoms. The van der Waals surface area contributed by atoms with Gasteiger partial charge < -0.3 is 19.5 Å². The summed E-state index contributed by atoms with van der Waals surface area (Å²) in [5.41, 5.74) is 4.44. The average molecular weight is 653 g/mol. The molecular weight excluding hydrogens is 609 g/mol. The molecule has 1 aliphatic rings. The van der Waals surface area contributed by atoms with E-state index in [2.05, 4.69) is 38.1 Å². The van der Waals surface area contributed by atoms with E-state index < -0.39 is 5.60 Å². The zero-order chi connectivity index (χ0) is 34.4. The number of hydrogen-bond donors (Lipinski definition) is 1. The second kappa shape index (κ2) is 17.9.